The van der Waals surface area contributed by atoms with Gasteiger partial charge < -0.3 is 4.98 Å². The van der Waals surface area contributed by atoms with Crippen molar-refractivity contribution in [2.45, 2.75) is 0 Å². The summed E-state index contributed by atoms with van der Waals surface area (Å²) in [5.41, 5.74) is 1.41. The van der Waals surface area contributed by atoms with Crippen LogP contribution in [0.25, 0.3) is 12.2 Å². The summed E-state index contributed by atoms with van der Waals surface area (Å²) in [7, 11) is 0. The van der Waals surface area contributed by atoms with Crippen LogP contribution < -0.4 is 5.69 Å². The summed E-state index contributed by atoms with van der Waals surface area (Å²) in [5.74, 6) is 0. The van der Waals surface area contributed by atoms with Crippen LogP contribution in [-0.4, -0.2) is 9.97 Å². The van der Waals surface area contributed by atoms with Gasteiger partial charge in [0, 0.05) is 6.20 Å². The Kier molecular flexibility index (Phi) is 2.74. The second kappa shape index (κ2) is 4.37. The van der Waals surface area contributed by atoms with Gasteiger partial charge in [-0.05, 0) is 17.7 Å². The van der Waals surface area contributed by atoms with Gasteiger partial charge in [0.25, 0.3) is 0 Å². The predicted octanol–water partition coefficient (Wildman–Crippen LogP) is 1.94. The molecular formula is C12H10N2O. The highest BCUT2D eigenvalue weighted by molar-refractivity contribution is 5.67. The van der Waals surface area contributed by atoms with Crippen molar-refractivity contribution in [3.63, 3.8) is 0 Å². The Morgan fingerprint density at radius 2 is 1.87 bits per heavy atom. The molecule has 1 aromatic carbocycles. The number of aromatic nitrogens is 2. The minimum absolute atomic E-state index is 0.329. The first-order chi connectivity index (χ1) is 7.34. The summed E-state index contributed by atoms with van der Waals surface area (Å²) in [6.45, 7) is 0. The molecule has 1 heterocycles. The van der Waals surface area contributed by atoms with E-state index >= 15 is 0 Å². The van der Waals surface area contributed by atoms with Crippen LogP contribution in [0.15, 0.2) is 47.4 Å². The number of aromatic amines is 1. The van der Waals surface area contributed by atoms with E-state index in [1.165, 1.54) is 0 Å². The number of rotatable bonds is 2. The lowest BCUT2D eigenvalue weighted by molar-refractivity contribution is 1.06. The summed E-state index contributed by atoms with van der Waals surface area (Å²) in [5, 5.41) is 0. The van der Waals surface area contributed by atoms with Gasteiger partial charge in [-0.2, -0.15) is 4.98 Å². The second-order valence-corrected chi connectivity index (χ2v) is 3.06. The number of benzene rings is 1. The lowest BCUT2D eigenvalue weighted by Crippen LogP contribution is -2.09. The van der Waals surface area contributed by atoms with Crippen LogP contribution in [0.4, 0.5) is 0 Å². The predicted molar refractivity (Wildman–Crippen MR) is 60.2 cm³/mol. The smallest absolute Gasteiger partial charge is 0.313 e. The summed E-state index contributed by atoms with van der Waals surface area (Å²) in [4.78, 5) is 17.2. The van der Waals surface area contributed by atoms with E-state index in [-0.39, 0.29) is 5.69 Å². The average Bonchev–Trinajstić information content (AvgIpc) is 2.28. The Morgan fingerprint density at radius 1 is 1.07 bits per heavy atom. The molecule has 0 saturated heterocycles. The zero-order chi connectivity index (χ0) is 10.5. The van der Waals surface area contributed by atoms with Gasteiger partial charge in [0.1, 0.15) is 0 Å². The minimum atomic E-state index is -0.329. The molecule has 1 N–H and O–H groups in total. The normalized spacial score (nSPS) is 10.7. The zero-order valence-corrected chi connectivity index (χ0v) is 8.05. The number of H-pyrrole nitrogens is 1. The van der Waals surface area contributed by atoms with Gasteiger partial charge in [0.15, 0.2) is 0 Å². The Hall–Kier alpha value is -2.16. The molecule has 15 heavy (non-hydrogen) atoms. The van der Waals surface area contributed by atoms with Crippen molar-refractivity contribution in [2.75, 3.05) is 0 Å². The molecule has 0 saturated carbocycles. The SMILES string of the molecule is O=c1nc(/C=C/c2ccccc2)cc[nH]1. The van der Waals surface area contributed by atoms with Crippen molar-refractivity contribution in [1.82, 2.24) is 9.97 Å². The van der Waals surface area contributed by atoms with Crippen molar-refractivity contribution in [1.29, 1.82) is 0 Å². The third-order valence-electron chi connectivity index (χ3n) is 1.94. The zero-order valence-electron chi connectivity index (χ0n) is 8.05. The van der Waals surface area contributed by atoms with Gasteiger partial charge in [0.2, 0.25) is 0 Å². The van der Waals surface area contributed by atoms with Gasteiger partial charge >= 0.3 is 5.69 Å². The highest BCUT2D eigenvalue weighted by Gasteiger charge is 1.89. The van der Waals surface area contributed by atoms with Gasteiger partial charge in [-0.1, -0.05) is 36.4 Å². The molecule has 0 atom stereocenters. The molecule has 0 bridgehead atoms. The molecule has 1 aromatic heterocycles. The monoisotopic (exact) mass is 198 g/mol. The fourth-order valence-electron chi connectivity index (χ4n) is 1.22. The quantitative estimate of drug-likeness (QED) is 0.801. The van der Waals surface area contributed by atoms with Crippen molar-refractivity contribution >= 4 is 12.2 Å². The molecule has 0 radical (unpaired) electrons. The van der Waals surface area contributed by atoms with Crippen LogP contribution in [0.2, 0.25) is 0 Å². The average molecular weight is 198 g/mol. The van der Waals surface area contributed by atoms with Gasteiger partial charge in [0.05, 0.1) is 5.69 Å². The molecule has 2 aromatic rings. The van der Waals surface area contributed by atoms with Crippen molar-refractivity contribution in [2.24, 2.45) is 0 Å². The molecule has 0 aliphatic rings. The van der Waals surface area contributed by atoms with Crippen LogP contribution in [-0.2, 0) is 0 Å². The maximum atomic E-state index is 10.9. The maximum Gasteiger partial charge on any atom is 0.345 e. The molecule has 2 rings (SSSR count). The van der Waals surface area contributed by atoms with E-state index in [9.17, 15) is 4.79 Å². The van der Waals surface area contributed by atoms with Crippen LogP contribution >= 0.6 is 0 Å². The summed E-state index contributed by atoms with van der Waals surface area (Å²) < 4.78 is 0. The lowest BCUT2D eigenvalue weighted by atomic mass is 10.2. The van der Waals surface area contributed by atoms with Gasteiger partial charge in [-0.25, -0.2) is 4.79 Å². The highest BCUT2D eigenvalue weighted by Crippen LogP contribution is 2.03. The molecule has 0 amide bonds. The van der Waals surface area contributed by atoms with Crippen LogP contribution in [0, 0.1) is 0 Å². The summed E-state index contributed by atoms with van der Waals surface area (Å²) in [6.07, 6.45) is 5.31. The highest BCUT2D eigenvalue weighted by atomic mass is 16.1. The van der Waals surface area contributed by atoms with E-state index in [0.29, 0.717) is 5.69 Å². The van der Waals surface area contributed by atoms with E-state index in [1.807, 2.05) is 42.5 Å². The molecule has 74 valence electrons. The molecule has 0 aliphatic carbocycles. The topological polar surface area (TPSA) is 45.8 Å². The molecule has 0 unspecified atom stereocenters. The Morgan fingerprint density at radius 3 is 2.60 bits per heavy atom. The third-order valence-corrected chi connectivity index (χ3v) is 1.94. The van der Waals surface area contributed by atoms with Gasteiger partial charge in [-0.15, -0.1) is 0 Å². The first-order valence-electron chi connectivity index (χ1n) is 4.63. The van der Waals surface area contributed by atoms with Crippen LogP contribution in [0.1, 0.15) is 11.3 Å². The number of hydrogen-bond acceptors (Lipinski definition) is 2. The van der Waals surface area contributed by atoms with E-state index in [0.717, 1.165) is 5.56 Å². The van der Waals surface area contributed by atoms with E-state index in [2.05, 4.69) is 9.97 Å². The van der Waals surface area contributed by atoms with Crippen molar-refractivity contribution in [3.05, 3.63) is 64.3 Å². The molecule has 3 heteroatoms. The van der Waals surface area contributed by atoms with E-state index < -0.39 is 0 Å². The number of nitrogens with one attached hydrogen (secondary N) is 1. The number of hydrogen-bond donors (Lipinski definition) is 1. The first-order valence-corrected chi connectivity index (χ1v) is 4.63. The molecule has 0 fully saturated rings. The van der Waals surface area contributed by atoms with Crippen molar-refractivity contribution in [3.8, 4) is 0 Å². The van der Waals surface area contributed by atoms with Crippen LogP contribution in [0.5, 0.6) is 0 Å². The van der Waals surface area contributed by atoms with Crippen molar-refractivity contribution < 1.29 is 0 Å². The second-order valence-electron chi connectivity index (χ2n) is 3.06. The standard InChI is InChI=1S/C12H10N2O/c15-12-13-9-8-11(14-12)7-6-10-4-2-1-3-5-10/h1-9H,(H,13,14,15)/b7-6+. The summed E-state index contributed by atoms with van der Waals surface area (Å²) in [6, 6.07) is 11.6. The Balaban J connectivity index is 2.23. The molecule has 0 spiro atoms. The fourth-order valence-corrected chi connectivity index (χ4v) is 1.22. The first kappa shape index (κ1) is 9.40. The van der Waals surface area contributed by atoms with E-state index in [1.54, 1.807) is 12.3 Å². The lowest BCUT2D eigenvalue weighted by Gasteiger charge is -1.91. The largest absolute Gasteiger partial charge is 0.345 e. The molecule has 3 nitrogen and oxygen atoms in total. The number of nitrogens with zero attached hydrogens (tertiary/aromatic N) is 1. The Bertz CT molecular complexity index is 514. The molecular weight excluding hydrogens is 188 g/mol. The third kappa shape index (κ3) is 2.64. The Labute approximate surface area is 87.1 Å². The van der Waals surface area contributed by atoms with Crippen LogP contribution in [0.3, 0.4) is 0 Å². The van der Waals surface area contributed by atoms with E-state index in [4.69, 9.17) is 0 Å². The summed E-state index contributed by atoms with van der Waals surface area (Å²) >= 11 is 0. The molecule has 0 aliphatic heterocycles. The maximum absolute atomic E-state index is 10.9. The fraction of sp³-hybridized carbons (Fsp3) is 0. The minimum Gasteiger partial charge on any atom is -0.313 e. The van der Waals surface area contributed by atoms with Gasteiger partial charge in [-0.3, -0.25) is 0 Å².